The summed E-state index contributed by atoms with van der Waals surface area (Å²) in [7, 11) is 1.78. The van der Waals surface area contributed by atoms with Crippen molar-refractivity contribution in [2.45, 2.75) is 44.2 Å². The molecule has 2 aliphatic rings. The summed E-state index contributed by atoms with van der Waals surface area (Å²) in [6.07, 6.45) is 9.15. The van der Waals surface area contributed by atoms with Gasteiger partial charge in [-0.15, -0.1) is 0 Å². The molecule has 1 aliphatic carbocycles. The van der Waals surface area contributed by atoms with Gasteiger partial charge in [0.2, 0.25) is 0 Å². The van der Waals surface area contributed by atoms with E-state index >= 15 is 0 Å². The molecule has 1 fully saturated rings. The molecule has 25 heavy (non-hydrogen) atoms. The monoisotopic (exact) mass is 338 g/mol. The van der Waals surface area contributed by atoms with Crippen LogP contribution in [0.25, 0.3) is 0 Å². The minimum atomic E-state index is -0.00487. The smallest absolute Gasteiger partial charge is 0.293 e. The molecule has 1 N–H and O–H groups in total. The number of fused-ring (bicyclic) bond motifs is 1. The molecule has 0 spiro atoms. The highest BCUT2D eigenvalue weighted by Gasteiger charge is 2.26. The standard InChI is InChI=1S/C20H26N4O/c1-23-12-10-21-19(20(23)25)24-11-4-7-18(14-24)22-17-9-8-15-5-2-3-6-16(15)13-17/h2-3,5-6,10,12,17-18,22H,4,7-9,11,13-14H2,1H3/t17-,18-/m1/s1. The summed E-state index contributed by atoms with van der Waals surface area (Å²) in [6.45, 7) is 1.78. The van der Waals surface area contributed by atoms with Crippen LogP contribution in [0.15, 0.2) is 41.5 Å². The maximum Gasteiger partial charge on any atom is 0.293 e. The van der Waals surface area contributed by atoms with Gasteiger partial charge in [-0.3, -0.25) is 4.79 Å². The van der Waals surface area contributed by atoms with Gasteiger partial charge in [-0.25, -0.2) is 4.98 Å². The average molecular weight is 338 g/mol. The number of hydrogen-bond donors (Lipinski definition) is 1. The Hall–Kier alpha value is -2.14. The third-order valence-corrected chi connectivity index (χ3v) is 5.54. The van der Waals surface area contributed by atoms with E-state index in [2.05, 4.69) is 39.5 Å². The minimum absolute atomic E-state index is 0.00487. The Kier molecular flexibility index (Phi) is 4.57. The van der Waals surface area contributed by atoms with Gasteiger partial charge >= 0.3 is 0 Å². The van der Waals surface area contributed by atoms with Gasteiger partial charge < -0.3 is 14.8 Å². The number of aryl methyl sites for hydroxylation is 2. The van der Waals surface area contributed by atoms with Crippen molar-refractivity contribution in [3.05, 3.63) is 58.1 Å². The van der Waals surface area contributed by atoms with Gasteiger partial charge in [-0.2, -0.15) is 0 Å². The highest BCUT2D eigenvalue weighted by Crippen LogP contribution is 2.23. The van der Waals surface area contributed by atoms with E-state index in [-0.39, 0.29) is 5.56 Å². The molecule has 1 aliphatic heterocycles. The first-order valence-corrected chi connectivity index (χ1v) is 9.30. The van der Waals surface area contributed by atoms with Crippen molar-refractivity contribution in [2.24, 2.45) is 7.05 Å². The number of rotatable bonds is 3. The van der Waals surface area contributed by atoms with Crippen LogP contribution in [-0.2, 0) is 19.9 Å². The van der Waals surface area contributed by atoms with E-state index in [1.807, 2.05) is 0 Å². The fraction of sp³-hybridized carbons (Fsp3) is 0.500. The molecule has 132 valence electrons. The Morgan fingerprint density at radius 2 is 2.00 bits per heavy atom. The highest BCUT2D eigenvalue weighted by molar-refractivity contribution is 5.36. The molecule has 0 radical (unpaired) electrons. The van der Waals surface area contributed by atoms with E-state index in [1.54, 1.807) is 24.0 Å². The second kappa shape index (κ2) is 7.00. The predicted molar refractivity (Wildman–Crippen MR) is 100 cm³/mol. The number of nitrogens with zero attached hydrogens (tertiary/aromatic N) is 3. The molecule has 0 saturated carbocycles. The van der Waals surface area contributed by atoms with E-state index < -0.39 is 0 Å². The number of nitrogens with one attached hydrogen (secondary N) is 1. The lowest BCUT2D eigenvalue weighted by Gasteiger charge is -2.37. The molecule has 1 aromatic carbocycles. The third-order valence-electron chi connectivity index (χ3n) is 5.54. The fourth-order valence-electron chi connectivity index (χ4n) is 4.18. The van der Waals surface area contributed by atoms with Crippen molar-refractivity contribution in [2.75, 3.05) is 18.0 Å². The molecule has 2 atom stereocenters. The Labute approximate surface area is 148 Å². The molecule has 2 heterocycles. The van der Waals surface area contributed by atoms with Crippen LogP contribution in [0.4, 0.5) is 5.82 Å². The van der Waals surface area contributed by atoms with E-state index in [1.165, 1.54) is 24.0 Å². The van der Waals surface area contributed by atoms with Crippen molar-refractivity contribution >= 4 is 5.82 Å². The van der Waals surface area contributed by atoms with Crippen LogP contribution in [0.2, 0.25) is 0 Å². The summed E-state index contributed by atoms with van der Waals surface area (Å²) in [4.78, 5) is 18.8. The molecule has 4 rings (SSSR count). The van der Waals surface area contributed by atoms with Crippen LogP contribution < -0.4 is 15.8 Å². The molecule has 1 saturated heterocycles. The first kappa shape index (κ1) is 16.3. The maximum atomic E-state index is 12.3. The van der Waals surface area contributed by atoms with Gasteiger partial charge in [0.1, 0.15) is 0 Å². The molecule has 5 nitrogen and oxygen atoms in total. The summed E-state index contributed by atoms with van der Waals surface area (Å²) in [5.74, 6) is 0.588. The van der Waals surface area contributed by atoms with Gasteiger partial charge in [0, 0.05) is 44.6 Å². The van der Waals surface area contributed by atoms with Crippen LogP contribution in [-0.4, -0.2) is 34.7 Å². The van der Waals surface area contributed by atoms with Crippen molar-refractivity contribution < 1.29 is 0 Å². The first-order chi connectivity index (χ1) is 12.2. The molecule has 0 amide bonds. The second-order valence-electron chi connectivity index (χ2n) is 7.33. The molecular formula is C20H26N4O. The first-order valence-electron chi connectivity index (χ1n) is 9.30. The van der Waals surface area contributed by atoms with E-state index in [9.17, 15) is 4.79 Å². The fourth-order valence-corrected chi connectivity index (χ4v) is 4.18. The van der Waals surface area contributed by atoms with Crippen LogP contribution >= 0.6 is 0 Å². The average Bonchev–Trinajstić information content (AvgIpc) is 2.64. The Bertz CT molecular complexity index is 800. The summed E-state index contributed by atoms with van der Waals surface area (Å²) in [6, 6.07) is 9.75. The van der Waals surface area contributed by atoms with Gasteiger partial charge in [-0.05, 0) is 43.2 Å². The number of anilines is 1. The summed E-state index contributed by atoms with van der Waals surface area (Å²) >= 11 is 0. The summed E-state index contributed by atoms with van der Waals surface area (Å²) in [5, 5.41) is 3.85. The number of aromatic nitrogens is 2. The molecule has 1 aromatic heterocycles. The second-order valence-corrected chi connectivity index (χ2v) is 7.33. The van der Waals surface area contributed by atoms with Crippen molar-refractivity contribution in [1.82, 2.24) is 14.9 Å². The summed E-state index contributed by atoms with van der Waals surface area (Å²) in [5.41, 5.74) is 2.98. The van der Waals surface area contributed by atoms with Crippen LogP contribution in [0.5, 0.6) is 0 Å². The lowest BCUT2D eigenvalue weighted by Crippen LogP contribution is -2.51. The van der Waals surface area contributed by atoms with Crippen LogP contribution in [0.3, 0.4) is 0 Å². The van der Waals surface area contributed by atoms with E-state index in [0.717, 1.165) is 32.4 Å². The normalized spacial score (nSPS) is 23.3. The van der Waals surface area contributed by atoms with Gasteiger partial charge in [0.05, 0.1) is 0 Å². The van der Waals surface area contributed by atoms with Gasteiger partial charge in [-0.1, -0.05) is 24.3 Å². The molecule has 5 heteroatoms. The largest absolute Gasteiger partial charge is 0.350 e. The van der Waals surface area contributed by atoms with Gasteiger partial charge in [0.25, 0.3) is 5.56 Å². The predicted octanol–water partition coefficient (Wildman–Crippen LogP) is 1.90. The van der Waals surface area contributed by atoms with Crippen LogP contribution in [0.1, 0.15) is 30.4 Å². The van der Waals surface area contributed by atoms with Crippen LogP contribution in [0, 0.1) is 0 Å². The molecule has 0 bridgehead atoms. The van der Waals surface area contributed by atoms with Crippen molar-refractivity contribution in [1.29, 1.82) is 0 Å². The lowest BCUT2D eigenvalue weighted by molar-refractivity contribution is 0.350. The third kappa shape index (κ3) is 3.47. The number of benzene rings is 1. The minimum Gasteiger partial charge on any atom is -0.350 e. The zero-order chi connectivity index (χ0) is 17.2. The Morgan fingerprint density at radius 1 is 1.16 bits per heavy atom. The van der Waals surface area contributed by atoms with Gasteiger partial charge in [0.15, 0.2) is 5.82 Å². The summed E-state index contributed by atoms with van der Waals surface area (Å²) < 4.78 is 1.61. The van der Waals surface area contributed by atoms with Crippen molar-refractivity contribution in [3.63, 3.8) is 0 Å². The lowest BCUT2D eigenvalue weighted by atomic mass is 9.87. The van der Waals surface area contributed by atoms with E-state index in [0.29, 0.717) is 17.9 Å². The van der Waals surface area contributed by atoms with E-state index in [4.69, 9.17) is 0 Å². The molecule has 0 unspecified atom stereocenters. The molecular weight excluding hydrogens is 312 g/mol. The maximum absolute atomic E-state index is 12.3. The number of hydrogen-bond acceptors (Lipinski definition) is 4. The zero-order valence-electron chi connectivity index (χ0n) is 14.8. The quantitative estimate of drug-likeness (QED) is 0.929. The molecule has 2 aromatic rings. The SMILES string of the molecule is Cn1ccnc(N2CCC[C@@H](N[C@@H]3CCc4ccccc4C3)C2)c1=O. The topological polar surface area (TPSA) is 50.2 Å². The highest BCUT2D eigenvalue weighted by atomic mass is 16.1. The number of piperidine rings is 1. The zero-order valence-corrected chi connectivity index (χ0v) is 14.8. The Balaban J connectivity index is 1.42. The Morgan fingerprint density at radius 3 is 2.88 bits per heavy atom. The van der Waals surface area contributed by atoms with Crippen molar-refractivity contribution in [3.8, 4) is 0 Å².